The van der Waals surface area contributed by atoms with E-state index in [1.807, 2.05) is 55.4 Å². The first kappa shape index (κ1) is 31.1. The number of carbonyl (C=O) groups excluding carboxylic acids is 1. The lowest BCUT2D eigenvalue weighted by Crippen LogP contribution is -2.52. The third-order valence-electron chi connectivity index (χ3n) is 9.36. The van der Waals surface area contributed by atoms with Gasteiger partial charge in [0.15, 0.2) is 17.3 Å². The zero-order chi connectivity index (χ0) is 31.3. The van der Waals surface area contributed by atoms with Crippen LogP contribution in [0.15, 0.2) is 48.5 Å². The van der Waals surface area contributed by atoms with E-state index in [1.54, 1.807) is 0 Å². The number of rotatable bonds is 9. The van der Waals surface area contributed by atoms with Gasteiger partial charge in [-0.3, -0.25) is 9.69 Å². The van der Waals surface area contributed by atoms with Gasteiger partial charge < -0.3 is 35.8 Å². The van der Waals surface area contributed by atoms with Crippen LogP contribution in [0.5, 0.6) is 0 Å². The molecule has 3 aliphatic rings. The van der Waals surface area contributed by atoms with Crippen molar-refractivity contribution >= 4 is 34.6 Å². The zero-order valence-corrected chi connectivity index (χ0v) is 26.8. The molecule has 240 valence electrons. The Morgan fingerprint density at radius 1 is 0.867 bits per heavy atom. The number of nitrogens with one attached hydrogen (secondary N) is 2. The lowest BCUT2D eigenvalue weighted by molar-refractivity contribution is 0.0904. The van der Waals surface area contributed by atoms with Crippen molar-refractivity contribution in [3.05, 3.63) is 54.2 Å². The van der Waals surface area contributed by atoms with E-state index >= 15 is 0 Å². The molecule has 0 atom stereocenters. The molecule has 11 nitrogen and oxygen atoms in total. The molecule has 0 radical (unpaired) electrons. The summed E-state index contributed by atoms with van der Waals surface area (Å²) in [6.07, 6.45) is 4.12. The van der Waals surface area contributed by atoms with Gasteiger partial charge in [-0.1, -0.05) is 12.1 Å². The number of nitrogens with zero attached hydrogens (tertiary/aromatic N) is 6. The maximum absolute atomic E-state index is 12.7. The molecule has 4 N–H and O–H groups in total. The number of aromatic nitrogens is 2. The van der Waals surface area contributed by atoms with Gasteiger partial charge in [0, 0.05) is 101 Å². The van der Waals surface area contributed by atoms with E-state index in [0.29, 0.717) is 36.6 Å². The fourth-order valence-electron chi connectivity index (χ4n) is 6.52. The lowest BCUT2D eigenvalue weighted by Gasteiger charge is -2.42. The fraction of sp³-hybridized carbons (Fsp3) is 0.500. The summed E-state index contributed by atoms with van der Waals surface area (Å²) in [5, 5.41) is 6.93. The normalized spacial score (nSPS) is 19.0. The van der Waals surface area contributed by atoms with Crippen LogP contribution in [0.3, 0.4) is 0 Å². The summed E-state index contributed by atoms with van der Waals surface area (Å²) in [6.45, 7) is 8.18. The number of hydrogen-bond donors (Lipinski definition) is 3. The van der Waals surface area contributed by atoms with Crippen LogP contribution in [0.2, 0.25) is 0 Å². The maximum atomic E-state index is 12.7. The molecule has 45 heavy (non-hydrogen) atoms. The molecule has 4 heterocycles. The highest BCUT2D eigenvalue weighted by Gasteiger charge is 2.27. The molecule has 0 spiro atoms. The lowest BCUT2D eigenvalue weighted by atomic mass is 10.0. The molecule has 3 aliphatic heterocycles. The molecule has 6 rings (SSSR count). The Morgan fingerprint density at radius 2 is 1.53 bits per heavy atom. The molecule has 0 saturated carbocycles. The minimum absolute atomic E-state index is 0.106. The monoisotopic (exact) mass is 613 g/mol. The van der Waals surface area contributed by atoms with E-state index in [9.17, 15) is 4.79 Å². The van der Waals surface area contributed by atoms with Gasteiger partial charge in [-0.2, -0.15) is 0 Å². The SMILES string of the molecule is CN1CCN(C2CCN(c3ccc(Nc4nc(NC5CCOCC5)c(-c5ccc(N(C)C)cc5)nc4C(N)=O)cc3)CC2)CC1. The summed E-state index contributed by atoms with van der Waals surface area (Å²) in [4.78, 5) is 32.0. The van der Waals surface area contributed by atoms with E-state index in [-0.39, 0.29) is 11.7 Å². The van der Waals surface area contributed by atoms with Crippen molar-refractivity contribution in [3.63, 3.8) is 0 Å². The van der Waals surface area contributed by atoms with Crippen molar-refractivity contribution in [2.24, 2.45) is 5.73 Å². The number of anilines is 5. The number of hydrogen-bond acceptors (Lipinski definition) is 10. The van der Waals surface area contributed by atoms with E-state index in [4.69, 9.17) is 20.4 Å². The van der Waals surface area contributed by atoms with Crippen molar-refractivity contribution in [1.29, 1.82) is 0 Å². The van der Waals surface area contributed by atoms with Crippen LogP contribution in [0.25, 0.3) is 11.3 Å². The Hall–Kier alpha value is -3.93. The van der Waals surface area contributed by atoms with E-state index < -0.39 is 5.91 Å². The Labute approximate surface area is 266 Å². The Bertz CT molecular complexity index is 1430. The summed E-state index contributed by atoms with van der Waals surface area (Å²) >= 11 is 0. The molecule has 11 heteroatoms. The quantitative estimate of drug-likeness (QED) is 0.329. The first-order valence-electron chi connectivity index (χ1n) is 16.2. The molecule has 1 amide bonds. The molecule has 3 fully saturated rings. The van der Waals surface area contributed by atoms with Gasteiger partial charge in [0.2, 0.25) is 0 Å². The van der Waals surface area contributed by atoms with Crippen molar-refractivity contribution in [2.45, 2.75) is 37.8 Å². The van der Waals surface area contributed by atoms with Crippen LogP contribution in [0, 0.1) is 0 Å². The Balaban J connectivity index is 1.20. The van der Waals surface area contributed by atoms with Crippen LogP contribution in [-0.2, 0) is 4.74 Å². The van der Waals surface area contributed by atoms with Crippen LogP contribution >= 0.6 is 0 Å². The van der Waals surface area contributed by atoms with Crippen LogP contribution < -0.4 is 26.2 Å². The van der Waals surface area contributed by atoms with Gasteiger partial charge >= 0.3 is 0 Å². The number of carbonyl (C=O) groups is 1. The van der Waals surface area contributed by atoms with Crippen LogP contribution in [-0.4, -0.2) is 111 Å². The Morgan fingerprint density at radius 3 is 2.16 bits per heavy atom. The average Bonchev–Trinajstić information content (AvgIpc) is 3.06. The average molecular weight is 614 g/mol. The Kier molecular flexibility index (Phi) is 9.67. The standard InChI is InChI=1S/C34H47N9O2/c1-40(2)27-8-4-24(5-9-27)30-33(37-26-14-22-45-23-15-26)39-34(31(38-30)32(35)44)36-25-6-10-28(11-7-25)42-16-12-29(13-17-42)43-20-18-41(3)19-21-43/h4-11,26,29H,12-23H2,1-3H3,(H2,35,44)(H2,36,37,39). The summed E-state index contributed by atoms with van der Waals surface area (Å²) < 4.78 is 5.57. The van der Waals surface area contributed by atoms with Gasteiger partial charge in [0.25, 0.3) is 5.91 Å². The predicted octanol–water partition coefficient (Wildman–Crippen LogP) is 3.86. The molecular formula is C34H47N9O2. The van der Waals surface area contributed by atoms with Gasteiger partial charge in [-0.25, -0.2) is 9.97 Å². The van der Waals surface area contributed by atoms with E-state index in [1.165, 1.54) is 31.6 Å². The minimum Gasteiger partial charge on any atom is -0.381 e. The smallest absolute Gasteiger partial charge is 0.271 e. The van der Waals surface area contributed by atoms with E-state index in [2.05, 4.69) is 44.5 Å². The van der Waals surface area contributed by atoms with Gasteiger partial charge in [0.1, 0.15) is 5.69 Å². The number of benzene rings is 2. The number of nitrogens with two attached hydrogens (primary N) is 1. The third-order valence-corrected chi connectivity index (χ3v) is 9.36. The van der Waals surface area contributed by atoms with Crippen molar-refractivity contribution in [2.75, 3.05) is 94.1 Å². The molecule has 3 saturated heterocycles. The number of primary amides is 1. The number of piperazine rings is 1. The van der Waals surface area contributed by atoms with Gasteiger partial charge in [-0.05, 0) is 69.1 Å². The number of ether oxygens (including phenoxy) is 1. The molecule has 1 aromatic heterocycles. The molecule has 0 bridgehead atoms. The molecule has 0 aliphatic carbocycles. The highest BCUT2D eigenvalue weighted by atomic mass is 16.5. The van der Waals surface area contributed by atoms with E-state index in [0.717, 1.165) is 56.0 Å². The van der Waals surface area contributed by atoms with Gasteiger partial charge in [-0.15, -0.1) is 0 Å². The number of likely N-dealkylation sites (N-methyl/N-ethyl adjacent to an activating group) is 1. The highest BCUT2D eigenvalue weighted by molar-refractivity contribution is 5.97. The fourth-order valence-corrected chi connectivity index (χ4v) is 6.52. The topological polar surface area (TPSA) is 115 Å². The van der Waals surface area contributed by atoms with Crippen LogP contribution in [0.4, 0.5) is 28.7 Å². The van der Waals surface area contributed by atoms with Crippen molar-refractivity contribution in [3.8, 4) is 11.3 Å². The predicted molar refractivity (Wildman–Crippen MR) is 182 cm³/mol. The summed E-state index contributed by atoms with van der Waals surface area (Å²) in [5.74, 6) is 0.326. The minimum atomic E-state index is -0.631. The highest BCUT2D eigenvalue weighted by Crippen LogP contribution is 2.32. The largest absolute Gasteiger partial charge is 0.381 e. The zero-order valence-electron chi connectivity index (χ0n) is 26.8. The first-order chi connectivity index (χ1) is 21.8. The molecule has 0 unspecified atom stereocenters. The first-order valence-corrected chi connectivity index (χ1v) is 16.2. The third kappa shape index (κ3) is 7.49. The molecule has 3 aromatic rings. The second kappa shape index (κ2) is 14.0. The summed E-state index contributed by atoms with van der Waals surface area (Å²) in [7, 11) is 6.22. The number of piperidine rings is 1. The second-order valence-corrected chi connectivity index (χ2v) is 12.7. The number of amides is 1. The molecule has 2 aromatic carbocycles. The summed E-state index contributed by atoms with van der Waals surface area (Å²) in [6, 6.07) is 17.3. The maximum Gasteiger partial charge on any atom is 0.271 e. The van der Waals surface area contributed by atoms with Crippen molar-refractivity contribution in [1.82, 2.24) is 19.8 Å². The van der Waals surface area contributed by atoms with Gasteiger partial charge in [0.05, 0.1) is 0 Å². The second-order valence-electron chi connectivity index (χ2n) is 12.7. The molecular weight excluding hydrogens is 566 g/mol. The van der Waals surface area contributed by atoms with Crippen molar-refractivity contribution < 1.29 is 9.53 Å². The van der Waals surface area contributed by atoms with Crippen LogP contribution in [0.1, 0.15) is 36.2 Å². The summed E-state index contributed by atoms with van der Waals surface area (Å²) in [5.41, 5.74) is 10.5.